The molecule has 10 N–H and O–H groups in total. The zero-order valence-electron chi connectivity index (χ0n) is 23.4. The van der Waals surface area contributed by atoms with Gasteiger partial charge in [0, 0.05) is 13.1 Å². The smallest absolute Gasteiger partial charge is 0.317 e. The first-order chi connectivity index (χ1) is 19.1. The predicted molar refractivity (Wildman–Crippen MR) is 147 cm³/mol. The van der Waals surface area contributed by atoms with Crippen LogP contribution < -0.4 is 22.1 Å². The van der Waals surface area contributed by atoms with E-state index in [9.17, 15) is 19.2 Å². The number of nitrogens with one attached hydrogen (secondary N) is 2. The van der Waals surface area contributed by atoms with Crippen molar-refractivity contribution in [2.75, 3.05) is 105 Å². The minimum atomic E-state index is -1.14. The van der Waals surface area contributed by atoms with Gasteiger partial charge in [0.15, 0.2) is 0 Å². The summed E-state index contributed by atoms with van der Waals surface area (Å²) < 4.78 is 10.4. The van der Waals surface area contributed by atoms with Crippen molar-refractivity contribution < 1.29 is 49.1 Å². The molecule has 236 valence electrons. The fourth-order valence-corrected chi connectivity index (χ4v) is 3.11. The van der Waals surface area contributed by atoms with Crippen LogP contribution in [0.5, 0.6) is 0 Å². The molecule has 0 aliphatic rings. The van der Waals surface area contributed by atoms with Gasteiger partial charge in [-0.2, -0.15) is 0 Å². The monoisotopic (exact) mass is 582 g/mol. The highest BCUT2D eigenvalue weighted by molar-refractivity contribution is 5.73. The van der Waals surface area contributed by atoms with Crippen LogP contribution in [-0.4, -0.2) is 159 Å². The van der Waals surface area contributed by atoms with E-state index >= 15 is 0 Å². The van der Waals surface area contributed by atoms with Gasteiger partial charge in [-0.3, -0.25) is 29.0 Å². The minimum absolute atomic E-state index is 0.119. The Bertz CT molecular complexity index is 574. The molecular formula is C24H50N6O10. The van der Waals surface area contributed by atoms with Gasteiger partial charge in [-0.1, -0.05) is 0 Å². The first kappa shape index (κ1) is 39.7. The first-order valence-corrected chi connectivity index (χ1v) is 13.4. The number of ether oxygens (including phenoxy) is 2. The lowest BCUT2D eigenvalue weighted by atomic mass is 10.3. The summed E-state index contributed by atoms with van der Waals surface area (Å²) in [7, 11) is 0. The average Bonchev–Trinajstić information content (AvgIpc) is 2.85. The minimum Gasteiger partial charge on any atom is -0.480 e. The van der Waals surface area contributed by atoms with E-state index in [2.05, 4.69) is 10.6 Å². The molecule has 16 nitrogen and oxygen atoms in total. The summed E-state index contributed by atoms with van der Waals surface area (Å²) in [6.07, 6.45) is 4.63. The number of carboxylic acids is 4. The number of hydrogen-bond donors (Lipinski definition) is 8. The highest BCUT2D eigenvalue weighted by Crippen LogP contribution is 1.92. The van der Waals surface area contributed by atoms with Gasteiger partial charge in [-0.15, -0.1) is 0 Å². The molecular weight excluding hydrogens is 532 g/mol. The van der Waals surface area contributed by atoms with E-state index in [1.54, 1.807) is 0 Å². The predicted octanol–water partition coefficient (Wildman–Crippen LogP) is -2.39. The Morgan fingerprint density at radius 3 is 1.10 bits per heavy atom. The third kappa shape index (κ3) is 33.6. The number of rotatable bonds is 28. The average molecular weight is 583 g/mol. The fourth-order valence-electron chi connectivity index (χ4n) is 3.11. The van der Waals surface area contributed by atoms with E-state index in [0.717, 1.165) is 52.1 Å². The molecule has 0 heterocycles. The van der Waals surface area contributed by atoms with Crippen LogP contribution in [0, 0.1) is 0 Å². The lowest BCUT2D eigenvalue weighted by Gasteiger charge is -2.18. The summed E-state index contributed by atoms with van der Waals surface area (Å²) in [5.41, 5.74) is 10.8. The number of hydrogen-bond acceptors (Lipinski definition) is 12. The van der Waals surface area contributed by atoms with Crippen LogP contribution >= 0.6 is 0 Å². The van der Waals surface area contributed by atoms with Gasteiger partial charge in [0.25, 0.3) is 0 Å². The molecule has 0 saturated heterocycles. The Balaban J connectivity index is 0. The molecule has 0 aliphatic carbocycles. The summed E-state index contributed by atoms with van der Waals surface area (Å²) in [5.74, 6) is -4.55. The largest absolute Gasteiger partial charge is 0.480 e. The van der Waals surface area contributed by atoms with E-state index in [-0.39, 0.29) is 39.5 Å². The molecule has 0 aromatic heterocycles. The van der Waals surface area contributed by atoms with Crippen molar-refractivity contribution in [3.8, 4) is 0 Å². The Kier molecular flexibility index (Phi) is 29.3. The highest BCUT2D eigenvalue weighted by atomic mass is 16.5. The van der Waals surface area contributed by atoms with E-state index in [1.807, 2.05) is 0 Å². The summed E-state index contributed by atoms with van der Waals surface area (Å²) in [6.45, 7) is 5.11. The number of nitrogens with zero attached hydrogens (tertiary/aromatic N) is 2. The molecule has 0 saturated carbocycles. The molecule has 0 amide bonds. The molecule has 0 fully saturated rings. The Hall–Kier alpha value is -2.44. The first-order valence-electron chi connectivity index (χ1n) is 13.4. The highest BCUT2D eigenvalue weighted by Gasteiger charge is 2.14. The van der Waals surface area contributed by atoms with Crippen LogP contribution in [0.2, 0.25) is 0 Å². The van der Waals surface area contributed by atoms with Gasteiger partial charge in [0.05, 0.1) is 52.6 Å². The van der Waals surface area contributed by atoms with Crippen molar-refractivity contribution in [2.24, 2.45) is 11.5 Å². The van der Waals surface area contributed by atoms with Crippen molar-refractivity contribution >= 4 is 23.9 Å². The second kappa shape index (κ2) is 29.5. The second-order valence-corrected chi connectivity index (χ2v) is 8.71. The summed E-state index contributed by atoms with van der Waals surface area (Å²) in [6, 6.07) is 0. The van der Waals surface area contributed by atoms with Crippen molar-refractivity contribution in [1.82, 2.24) is 20.4 Å². The topological polar surface area (TPSA) is 250 Å². The van der Waals surface area contributed by atoms with Gasteiger partial charge >= 0.3 is 23.9 Å². The molecule has 0 aromatic rings. The third-order valence-corrected chi connectivity index (χ3v) is 4.98. The second-order valence-electron chi connectivity index (χ2n) is 8.71. The van der Waals surface area contributed by atoms with Crippen molar-refractivity contribution in [2.45, 2.75) is 25.7 Å². The maximum absolute atomic E-state index is 10.6. The molecule has 0 unspecified atom stereocenters. The molecule has 0 atom stereocenters. The van der Waals surface area contributed by atoms with Crippen LogP contribution in [-0.2, 0) is 28.7 Å². The maximum atomic E-state index is 10.6. The van der Waals surface area contributed by atoms with Gasteiger partial charge in [-0.25, -0.2) is 0 Å². The Morgan fingerprint density at radius 2 is 0.825 bits per heavy atom. The lowest BCUT2D eigenvalue weighted by molar-refractivity contribution is -0.144. The van der Waals surface area contributed by atoms with Crippen LogP contribution in [0.25, 0.3) is 0 Å². The van der Waals surface area contributed by atoms with Gasteiger partial charge in [-0.05, 0) is 65.0 Å². The van der Waals surface area contributed by atoms with E-state index in [4.69, 9.17) is 41.4 Å². The molecule has 0 spiro atoms. The van der Waals surface area contributed by atoms with Crippen LogP contribution in [0.15, 0.2) is 0 Å². The van der Waals surface area contributed by atoms with Crippen molar-refractivity contribution in [3.05, 3.63) is 0 Å². The molecule has 16 heteroatoms. The quantitative estimate of drug-likeness (QED) is 0.0448. The lowest BCUT2D eigenvalue weighted by Crippen LogP contribution is -2.37. The maximum Gasteiger partial charge on any atom is 0.317 e. The summed E-state index contributed by atoms with van der Waals surface area (Å²) in [4.78, 5) is 44.9. The van der Waals surface area contributed by atoms with Crippen LogP contribution in [0.1, 0.15) is 25.7 Å². The molecule has 0 rings (SSSR count). The van der Waals surface area contributed by atoms with E-state index < -0.39 is 50.1 Å². The third-order valence-electron chi connectivity index (χ3n) is 4.98. The summed E-state index contributed by atoms with van der Waals surface area (Å²) >= 11 is 0. The molecule has 0 aromatic carbocycles. The van der Waals surface area contributed by atoms with Crippen molar-refractivity contribution in [3.63, 3.8) is 0 Å². The zero-order valence-corrected chi connectivity index (χ0v) is 23.4. The number of nitrogens with two attached hydrogens (primary N) is 2. The van der Waals surface area contributed by atoms with Gasteiger partial charge in [0.1, 0.15) is 0 Å². The number of carbonyl (C=O) groups is 4. The van der Waals surface area contributed by atoms with Crippen molar-refractivity contribution in [1.29, 1.82) is 0 Å². The zero-order chi connectivity index (χ0) is 30.4. The van der Waals surface area contributed by atoms with E-state index in [0.29, 0.717) is 0 Å². The van der Waals surface area contributed by atoms with Gasteiger partial charge < -0.3 is 52.0 Å². The number of unbranched alkanes of at least 4 members (excludes halogenated alkanes) is 1. The number of carboxylic acid groups (broad SMARTS) is 4. The molecule has 0 aliphatic heterocycles. The standard InChI is InChI=1S/C14H24N2O10.C10H26N4/c17-11(18)7-15(8-12(19)20)1-3-25-5-6-26-4-2-16(9-13(21)22)10-14(23)24;11-5-3-9-13-7-1-2-8-14-10-4-6-12/h1-10H2,(H,17,18)(H,19,20)(H,21,22)(H,23,24);13-14H,1-12H2. The normalized spacial score (nSPS) is 10.9. The fraction of sp³-hybridized carbons (Fsp3) is 0.833. The van der Waals surface area contributed by atoms with Gasteiger partial charge in [0.2, 0.25) is 0 Å². The Morgan fingerprint density at radius 1 is 0.525 bits per heavy atom. The molecule has 0 radical (unpaired) electrons. The van der Waals surface area contributed by atoms with Crippen LogP contribution in [0.3, 0.4) is 0 Å². The van der Waals surface area contributed by atoms with E-state index in [1.165, 1.54) is 22.6 Å². The van der Waals surface area contributed by atoms with Crippen LogP contribution in [0.4, 0.5) is 0 Å². The molecule has 40 heavy (non-hydrogen) atoms. The SMILES string of the molecule is NCCCNCCCCNCCCN.O=C(O)CN(CCOCCOCCN(CC(=O)O)CC(=O)O)CC(=O)O. The molecule has 0 bridgehead atoms. The Labute approximate surface area is 235 Å². The summed E-state index contributed by atoms with van der Waals surface area (Å²) in [5, 5.41) is 41.4. The number of aliphatic carboxylic acids is 4.